The minimum Gasteiger partial charge on any atom is -0.391 e. The highest BCUT2D eigenvalue weighted by molar-refractivity contribution is 7.22. The predicted molar refractivity (Wildman–Crippen MR) is 113 cm³/mol. The van der Waals surface area contributed by atoms with E-state index in [0.29, 0.717) is 6.54 Å². The summed E-state index contributed by atoms with van der Waals surface area (Å²) in [5.41, 5.74) is 3.28. The maximum atomic E-state index is 10.2. The topological polar surface area (TPSA) is 90.0 Å². The number of thiazole rings is 1. The van der Waals surface area contributed by atoms with Crippen molar-refractivity contribution in [1.82, 2.24) is 19.4 Å². The Kier molecular flexibility index (Phi) is 4.70. The number of benzene rings is 1. The van der Waals surface area contributed by atoms with Gasteiger partial charge in [0.1, 0.15) is 5.82 Å². The summed E-state index contributed by atoms with van der Waals surface area (Å²) < 4.78 is 3.20. The van der Waals surface area contributed by atoms with Gasteiger partial charge in [0.15, 0.2) is 11.3 Å². The smallest absolute Gasteiger partial charge is 0.184 e. The van der Waals surface area contributed by atoms with E-state index in [2.05, 4.69) is 39.3 Å². The second-order valence-corrected chi connectivity index (χ2v) is 8.69. The average Bonchev–Trinajstić information content (AvgIpc) is 3.32. The number of nitrogens with one attached hydrogen (secondary N) is 1. The molecule has 1 aliphatic heterocycles. The van der Waals surface area contributed by atoms with Gasteiger partial charge < -0.3 is 15.0 Å². The van der Waals surface area contributed by atoms with E-state index in [0.717, 1.165) is 59.0 Å². The molecule has 7 nitrogen and oxygen atoms in total. The van der Waals surface area contributed by atoms with Gasteiger partial charge in [0.25, 0.3) is 0 Å². The molecule has 1 aliphatic carbocycles. The fourth-order valence-electron chi connectivity index (χ4n) is 4.08. The Morgan fingerprint density at radius 2 is 2.17 bits per heavy atom. The van der Waals surface area contributed by atoms with Crippen molar-refractivity contribution >= 4 is 32.9 Å². The van der Waals surface area contributed by atoms with Crippen LogP contribution in [-0.4, -0.2) is 36.7 Å². The van der Waals surface area contributed by atoms with E-state index >= 15 is 0 Å². The first-order valence-corrected chi connectivity index (χ1v) is 10.7. The van der Waals surface area contributed by atoms with Crippen LogP contribution in [0.1, 0.15) is 42.8 Å². The van der Waals surface area contributed by atoms with E-state index in [9.17, 15) is 5.11 Å². The van der Waals surface area contributed by atoms with E-state index in [1.54, 1.807) is 22.4 Å². The Morgan fingerprint density at radius 1 is 1.28 bits per heavy atom. The number of nitrogens with zero attached hydrogens (tertiary/aromatic N) is 5. The molecule has 2 aromatic heterocycles. The predicted octanol–water partition coefficient (Wildman–Crippen LogP) is 3.52. The summed E-state index contributed by atoms with van der Waals surface area (Å²) in [5, 5.41) is 23.6. The van der Waals surface area contributed by atoms with Gasteiger partial charge in [-0.05, 0) is 30.5 Å². The second-order valence-electron chi connectivity index (χ2n) is 7.66. The number of rotatable bonds is 4. The molecule has 0 bridgehead atoms. The highest BCUT2D eigenvalue weighted by Gasteiger charge is 2.23. The van der Waals surface area contributed by atoms with Crippen molar-refractivity contribution in [3.05, 3.63) is 47.7 Å². The third kappa shape index (κ3) is 3.59. The molecule has 1 aromatic carbocycles. The van der Waals surface area contributed by atoms with Crippen LogP contribution in [0.4, 0.5) is 5.13 Å². The van der Waals surface area contributed by atoms with Crippen molar-refractivity contribution in [2.24, 2.45) is 0 Å². The van der Waals surface area contributed by atoms with E-state index in [4.69, 9.17) is 10.2 Å². The number of hydrogen-bond donors (Lipinski definition) is 2. The van der Waals surface area contributed by atoms with Crippen LogP contribution in [0.25, 0.3) is 16.4 Å². The van der Waals surface area contributed by atoms with Gasteiger partial charge in [-0.2, -0.15) is 5.26 Å². The Bertz CT molecular complexity index is 1110. The first-order valence-electron chi connectivity index (χ1n) is 9.93. The molecule has 0 amide bonds. The maximum absolute atomic E-state index is 10.2. The molecule has 3 aromatic rings. The van der Waals surface area contributed by atoms with Gasteiger partial charge in [-0.25, -0.2) is 9.97 Å². The first-order chi connectivity index (χ1) is 14.2. The molecule has 2 atom stereocenters. The lowest BCUT2D eigenvalue weighted by Crippen LogP contribution is -2.36. The van der Waals surface area contributed by atoms with Crippen LogP contribution in [0.2, 0.25) is 0 Å². The monoisotopic (exact) mass is 406 g/mol. The Morgan fingerprint density at radius 3 is 3.03 bits per heavy atom. The summed E-state index contributed by atoms with van der Waals surface area (Å²) in [5.74, 6) is 0.875. The molecule has 1 fully saturated rings. The molecule has 2 N–H and O–H groups in total. The summed E-state index contributed by atoms with van der Waals surface area (Å²) in [7, 11) is 0. The number of aliphatic hydroxyl groups excluding tert-OH is 1. The van der Waals surface area contributed by atoms with Gasteiger partial charge in [-0.3, -0.25) is 4.90 Å². The van der Waals surface area contributed by atoms with Crippen LogP contribution in [0.5, 0.6) is 0 Å². The second kappa shape index (κ2) is 7.50. The normalized spacial score (nSPS) is 21.2. The Labute approximate surface area is 172 Å². The number of fused-ring (bicyclic) bond motifs is 2. The zero-order valence-electron chi connectivity index (χ0n) is 16.0. The van der Waals surface area contributed by atoms with Crippen molar-refractivity contribution in [2.75, 3.05) is 5.32 Å². The maximum Gasteiger partial charge on any atom is 0.184 e. The quantitative estimate of drug-likeness (QED) is 0.645. The zero-order chi connectivity index (χ0) is 19.8. The molecular formula is C21H22N6OS. The van der Waals surface area contributed by atoms with E-state index < -0.39 is 0 Å². The van der Waals surface area contributed by atoms with Crippen LogP contribution in [0.3, 0.4) is 0 Å². The van der Waals surface area contributed by atoms with Crippen molar-refractivity contribution in [3.63, 3.8) is 0 Å². The standard InChI is InChI=1S/C21H22N6OS/c22-13-26-7-8-27-15(11-23-20(27)12-26)9-14-5-6-17-19(10-14)29-21(25-17)24-16-3-1-2-4-18(16)28/h5-8,10-11,16,18,28H,1-4,9,12H2,(H,24,25)/t16-,18-/m1/s1. The van der Waals surface area contributed by atoms with E-state index in [-0.39, 0.29) is 12.1 Å². The van der Waals surface area contributed by atoms with Crippen molar-refractivity contribution in [1.29, 1.82) is 5.26 Å². The summed E-state index contributed by atoms with van der Waals surface area (Å²) in [6, 6.07) is 6.45. The molecule has 3 heterocycles. The van der Waals surface area contributed by atoms with Crippen LogP contribution < -0.4 is 5.32 Å². The molecule has 5 rings (SSSR count). The molecule has 1 saturated carbocycles. The van der Waals surface area contributed by atoms with E-state index in [1.165, 1.54) is 5.56 Å². The molecule has 0 spiro atoms. The van der Waals surface area contributed by atoms with Crippen LogP contribution in [0, 0.1) is 11.5 Å². The zero-order valence-corrected chi connectivity index (χ0v) is 16.8. The molecule has 2 aliphatic rings. The summed E-state index contributed by atoms with van der Waals surface area (Å²) >= 11 is 1.64. The number of anilines is 1. The van der Waals surface area contributed by atoms with Gasteiger partial charge in [-0.1, -0.05) is 30.2 Å². The van der Waals surface area contributed by atoms with Crippen molar-refractivity contribution in [3.8, 4) is 6.19 Å². The number of aliphatic hydroxyl groups is 1. The van der Waals surface area contributed by atoms with Crippen LogP contribution in [-0.2, 0) is 13.0 Å². The number of imidazole rings is 1. The third-order valence-electron chi connectivity index (χ3n) is 5.66. The Hall–Kier alpha value is -2.89. The largest absolute Gasteiger partial charge is 0.391 e. The SMILES string of the molecule is N#CN1C=Cn2c(Cc3ccc4nc(N[C@@H]5CCCC[C@H]5O)sc4c3)cnc2C1. The molecule has 29 heavy (non-hydrogen) atoms. The van der Waals surface area contributed by atoms with Crippen LogP contribution >= 0.6 is 11.3 Å². The lowest BCUT2D eigenvalue weighted by Gasteiger charge is -2.27. The van der Waals surface area contributed by atoms with Crippen LogP contribution in [0.15, 0.2) is 30.6 Å². The number of nitriles is 1. The summed E-state index contributed by atoms with van der Waals surface area (Å²) in [6.07, 6.45) is 12.3. The molecule has 148 valence electrons. The minimum atomic E-state index is -0.288. The average molecular weight is 407 g/mol. The molecular weight excluding hydrogens is 384 g/mol. The van der Waals surface area contributed by atoms with Gasteiger partial charge in [0, 0.05) is 30.7 Å². The lowest BCUT2D eigenvalue weighted by atomic mass is 9.93. The van der Waals surface area contributed by atoms with Crippen molar-refractivity contribution < 1.29 is 5.11 Å². The van der Waals surface area contributed by atoms with Gasteiger partial charge in [-0.15, -0.1) is 0 Å². The van der Waals surface area contributed by atoms with E-state index in [1.807, 2.05) is 12.4 Å². The highest BCUT2D eigenvalue weighted by Crippen LogP contribution is 2.30. The molecule has 8 heteroatoms. The number of aromatic nitrogens is 3. The molecule has 0 saturated heterocycles. The summed E-state index contributed by atoms with van der Waals surface area (Å²) in [4.78, 5) is 10.7. The molecule has 0 radical (unpaired) electrons. The lowest BCUT2D eigenvalue weighted by molar-refractivity contribution is 0.116. The number of hydrogen-bond acceptors (Lipinski definition) is 7. The fourth-order valence-corrected chi connectivity index (χ4v) is 5.07. The summed E-state index contributed by atoms with van der Waals surface area (Å²) in [6.45, 7) is 0.503. The minimum absolute atomic E-state index is 0.0989. The first kappa shape index (κ1) is 18.2. The fraction of sp³-hybridized carbons (Fsp3) is 0.381. The Balaban J connectivity index is 1.35. The molecule has 0 unspecified atom stereocenters. The third-order valence-corrected chi connectivity index (χ3v) is 6.61. The van der Waals surface area contributed by atoms with Crippen molar-refractivity contribution in [2.45, 2.75) is 50.8 Å². The highest BCUT2D eigenvalue weighted by atomic mass is 32.1. The van der Waals surface area contributed by atoms with Gasteiger partial charge in [0.2, 0.25) is 0 Å². The van der Waals surface area contributed by atoms with Gasteiger partial charge in [0.05, 0.1) is 28.9 Å². The van der Waals surface area contributed by atoms with Gasteiger partial charge >= 0.3 is 0 Å².